The summed E-state index contributed by atoms with van der Waals surface area (Å²) in [7, 11) is 0. The second-order valence-corrected chi connectivity index (χ2v) is 1.26. The summed E-state index contributed by atoms with van der Waals surface area (Å²) in [5.41, 5.74) is 4.88. The Balaban J connectivity index is 3.76. The van der Waals surface area contributed by atoms with Gasteiger partial charge in [0.25, 0.3) is 0 Å². The third-order valence-corrected chi connectivity index (χ3v) is 0.690. The van der Waals surface area contributed by atoms with E-state index in [1.807, 2.05) is 0 Å². The summed E-state index contributed by atoms with van der Waals surface area (Å²) in [4.78, 5) is 9.86. The van der Waals surface area contributed by atoms with Gasteiger partial charge in [0.2, 0.25) is 0 Å². The molecule has 0 aliphatic heterocycles. The molecule has 0 unspecified atom stereocenters. The maximum absolute atomic E-state index is 9.86. The van der Waals surface area contributed by atoms with E-state index < -0.39 is 11.9 Å². The molecule has 3 N–H and O–H groups in total. The van der Waals surface area contributed by atoms with E-state index >= 15 is 0 Å². The fourth-order valence-electron chi connectivity index (χ4n) is 0.209. The molecule has 1 atom stereocenters. The molecule has 0 radical (unpaired) electrons. The largest absolute Gasteiger partial charge is 0.480 e. The standard InChI is InChI=1S/C4H6N2O2/c5-1-3(2-6)4(7)8/h3H,1,5H2,(H,7,8)/t3-/m0/s1. The highest BCUT2D eigenvalue weighted by Gasteiger charge is 2.12. The fourth-order valence-corrected chi connectivity index (χ4v) is 0.209. The molecule has 0 amide bonds. The number of hydrogen-bond donors (Lipinski definition) is 2. The molecule has 0 aromatic heterocycles. The zero-order chi connectivity index (χ0) is 6.57. The Morgan fingerprint density at radius 3 is 2.50 bits per heavy atom. The first-order chi connectivity index (χ1) is 3.72. The van der Waals surface area contributed by atoms with Crippen molar-refractivity contribution in [3.63, 3.8) is 0 Å². The van der Waals surface area contributed by atoms with Crippen LogP contribution in [-0.2, 0) is 4.79 Å². The highest BCUT2D eigenvalue weighted by molar-refractivity contribution is 5.73. The molecular weight excluding hydrogens is 108 g/mol. The van der Waals surface area contributed by atoms with Crippen LogP contribution in [0.2, 0.25) is 0 Å². The molecule has 0 aromatic rings. The van der Waals surface area contributed by atoms with Gasteiger partial charge in [-0.15, -0.1) is 0 Å². The minimum absolute atomic E-state index is 0.119. The fraction of sp³-hybridized carbons (Fsp3) is 0.500. The molecule has 8 heavy (non-hydrogen) atoms. The highest BCUT2D eigenvalue weighted by Crippen LogP contribution is 1.87. The van der Waals surface area contributed by atoms with Crippen molar-refractivity contribution in [3.05, 3.63) is 0 Å². The monoisotopic (exact) mass is 114 g/mol. The van der Waals surface area contributed by atoms with Crippen LogP contribution in [0.3, 0.4) is 0 Å². The van der Waals surface area contributed by atoms with Crippen molar-refractivity contribution < 1.29 is 9.90 Å². The smallest absolute Gasteiger partial charge is 0.322 e. The van der Waals surface area contributed by atoms with Crippen molar-refractivity contribution in [1.29, 1.82) is 5.26 Å². The molecule has 0 saturated carbocycles. The summed E-state index contributed by atoms with van der Waals surface area (Å²) < 4.78 is 0. The van der Waals surface area contributed by atoms with Crippen LogP contribution in [0.5, 0.6) is 0 Å². The first-order valence-corrected chi connectivity index (χ1v) is 2.05. The van der Waals surface area contributed by atoms with Crippen molar-refractivity contribution in [1.82, 2.24) is 0 Å². The molecule has 0 spiro atoms. The number of carboxylic acids is 1. The van der Waals surface area contributed by atoms with Gasteiger partial charge in [-0.05, 0) is 0 Å². The van der Waals surface area contributed by atoms with Crippen molar-refractivity contribution in [2.45, 2.75) is 0 Å². The molecule has 0 rings (SSSR count). The van der Waals surface area contributed by atoms with Crippen LogP contribution < -0.4 is 5.73 Å². The summed E-state index contributed by atoms with van der Waals surface area (Å²) in [6.07, 6.45) is 0. The van der Waals surface area contributed by atoms with Gasteiger partial charge in [-0.25, -0.2) is 0 Å². The summed E-state index contributed by atoms with van der Waals surface area (Å²) >= 11 is 0. The number of carboxylic acid groups (broad SMARTS) is 1. The molecule has 0 saturated heterocycles. The van der Waals surface area contributed by atoms with Gasteiger partial charge in [-0.1, -0.05) is 0 Å². The number of nitrogens with zero attached hydrogens (tertiary/aromatic N) is 1. The van der Waals surface area contributed by atoms with Crippen molar-refractivity contribution in [2.75, 3.05) is 6.54 Å². The quantitative estimate of drug-likeness (QED) is 0.490. The topological polar surface area (TPSA) is 87.1 Å². The Labute approximate surface area is 46.5 Å². The minimum atomic E-state index is -1.16. The number of nitrogens with two attached hydrogens (primary N) is 1. The Hall–Kier alpha value is -1.08. The Kier molecular flexibility index (Phi) is 2.59. The number of rotatable bonds is 2. The van der Waals surface area contributed by atoms with Crippen LogP contribution in [0.25, 0.3) is 0 Å². The lowest BCUT2D eigenvalue weighted by Crippen LogP contribution is -2.21. The van der Waals surface area contributed by atoms with E-state index in [9.17, 15) is 4.79 Å². The van der Waals surface area contributed by atoms with Gasteiger partial charge in [0.05, 0.1) is 6.07 Å². The van der Waals surface area contributed by atoms with Gasteiger partial charge in [0.1, 0.15) is 0 Å². The molecule has 0 fully saturated rings. The van der Waals surface area contributed by atoms with E-state index in [-0.39, 0.29) is 6.54 Å². The molecule has 44 valence electrons. The van der Waals surface area contributed by atoms with Crippen molar-refractivity contribution in [3.8, 4) is 6.07 Å². The lowest BCUT2D eigenvalue weighted by atomic mass is 10.2. The summed E-state index contributed by atoms with van der Waals surface area (Å²) in [6, 6.07) is 1.53. The van der Waals surface area contributed by atoms with Crippen molar-refractivity contribution in [2.24, 2.45) is 11.7 Å². The maximum atomic E-state index is 9.86. The maximum Gasteiger partial charge on any atom is 0.322 e. The molecule has 4 nitrogen and oxygen atoms in total. The molecule has 0 aliphatic rings. The van der Waals surface area contributed by atoms with Gasteiger partial charge in [0.15, 0.2) is 5.92 Å². The van der Waals surface area contributed by atoms with Crippen LogP contribution in [0.15, 0.2) is 0 Å². The van der Waals surface area contributed by atoms with E-state index in [1.54, 1.807) is 0 Å². The highest BCUT2D eigenvalue weighted by atomic mass is 16.4. The van der Waals surface area contributed by atoms with Gasteiger partial charge < -0.3 is 10.8 Å². The number of hydrogen-bond acceptors (Lipinski definition) is 3. The average Bonchev–Trinajstić information content (AvgIpc) is 1.69. The number of nitriles is 1. The zero-order valence-corrected chi connectivity index (χ0v) is 4.16. The van der Waals surface area contributed by atoms with Crippen LogP contribution in [-0.4, -0.2) is 17.6 Å². The molecular formula is C4H6N2O2. The second kappa shape index (κ2) is 2.99. The van der Waals surface area contributed by atoms with E-state index in [4.69, 9.17) is 16.1 Å². The summed E-state index contributed by atoms with van der Waals surface area (Å²) in [5.74, 6) is -2.20. The first-order valence-electron chi connectivity index (χ1n) is 2.05. The lowest BCUT2D eigenvalue weighted by molar-refractivity contribution is -0.139. The van der Waals surface area contributed by atoms with E-state index in [0.29, 0.717) is 0 Å². The van der Waals surface area contributed by atoms with Gasteiger partial charge in [0, 0.05) is 6.54 Å². The SMILES string of the molecule is N#C[C@H](CN)C(=O)O. The normalized spacial score (nSPS) is 12.0. The second-order valence-electron chi connectivity index (χ2n) is 1.26. The Morgan fingerprint density at radius 1 is 2.00 bits per heavy atom. The van der Waals surface area contributed by atoms with Crippen molar-refractivity contribution >= 4 is 5.97 Å². The lowest BCUT2D eigenvalue weighted by Gasteiger charge is -1.93. The molecule has 0 bridgehead atoms. The Morgan fingerprint density at radius 2 is 2.50 bits per heavy atom. The van der Waals surface area contributed by atoms with Crippen LogP contribution in [0, 0.1) is 17.2 Å². The summed E-state index contributed by atoms with van der Waals surface area (Å²) in [5, 5.41) is 16.1. The molecule has 0 heterocycles. The van der Waals surface area contributed by atoms with E-state index in [1.165, 1.54) is 6.07 Å². The van der Waals surface area contributed by atoms with E-state index in [2.05, 4.69) is 0 Å². The van der Waals surface area contributed by atoms with E-state index in [0.717, 1.165) is 0 Å². The van der Waals surface area contributed by atoms with Crippen LogP contribution >= 0.6 is 0 Å². The van der Waals surface area contributed by atoms with Gasteiger partial charge >= 0.3 is 5.97 Å². The van der Waals surface area contributed by atoms with Gasteiger partial charge in [-0.2, -0.15) is 5.26 Å². The molecule has 4 heteroatoms. The minimum Gasteiger partial charge on any atom is -0.480 e. The number of carbonyl (C=O) groups is 1. The third kappa shape index (κ3) is 1.58. The van der Waals surface area contributed by atoms with Crippen LogP contribution in [0.1, 0.15) is 0 Å². The third-order valence-electron chi connectivity index (χ3n) is 0.690. The predicted molar refractivity (Wildman–Crippen MR) is 25.8 cm³/mol. The number of aliphatic carboxylic acids is 1. The molecule has 0 aromatic carbocycles. The Bertz CT molecular complexity index is 126. The van der Waals surface area contributed by atoms with Gasteiger partial charge in [-0.3, -0.25) is 4.79 Å². The first kappa shape index (κ1) is 6.92. The van der Waals surface area contributed by atoms with Crippen LogP contribution in [0.4, 0.5) is 0 Å². The molecule has 0 aliphatic carbocycles. The summed E-state index contributed by atoms with van der Waals surface area (Å²) in [6.45, 7) is -0.119. The zero-order valence-electron chi connectivity index (χ0n) is 4.16. The predicted octanol–water partition coefficient (Wildman–Crippen LogP) is -0.831. The average molecular weight is 114 g/mol.